The van der Waals surface area contributed by atoms with Crippen LogP contribution >= 0.6 is 0 Å². The number of fused-ring (bicyclic) bond motifs is 6. The molecular formula is C46H54N2O6. The molecule has 2 fully saturated rings. The zero-order chi connectivity index (χ0) is 37.7. The van der Waals surface area contributed by atoms with Crippen LogP contribution < -0.4 is 0 Å². The monoisotopic (exact) mass is 730 g/mol. The average Bonchev–Trinajstić information content (AvgIpc) is 3.75. The molecule has 2 aliphatic carbocycles. The number of ketones is 2. The highest BCUT2D eigenvalue weighted by atomic mass is 16.5. The zero-order valence-electron chi connectivity index (χ0n) is 31.9. The van der Waals surface area contributed by atoms with Crippen molar-refractivity contribution in [1.82, 2.24) is 9.13 Å². The summed E-state index contributed by atoms with van der Waals surface area (Å²) in [6, 6.07) is 25.2. The summed E-state index contributed by atoms with van der Waals surface area (Å²) < 4.78 is 15.0. The van der Waals surface area contributed by atoms with Crippen LogP contribution in [0.15, 0.2) is 85.2 Å². The molecule has 2 aromatic carbocycles. The first kappa shape index (κ1) is 37.6. The lowest BCUT2D eigenvalue weighted by molar-refractivity contribution is -0.124. The van der Waals surface area contributed by atoms with Gasteiger partial charge in [0.25, 0.3) is 0 Å². The maximum Gasteiger partial charge on any atom is 0.339 e. The van der Waals surface area contributed by atoms with Gasteiger partial charge < -0.3 is 18.6 Å². The fraction of sp³-hybridized carbons (Fsp3) is 0.478. The van der Waals surface area contributed by atoms with Gasteiger partial charge in [-0.3, -0.25) is 9.59 Å². The number of nitrogens with zero attached hydrogens (tertiary/aromatic N) is 2. The molecule has 4 aliphatic rings. The molecule has 4 heterocycles. The van der Waals surface area contributed by atoms with Crippen LogP contribution in [-0.2, 0) is 55.8 Å². The van der Waals surface area contributed by atoms with Gasteiger partial charge in [0.2, 0.25) is 0 Å². The van der Waals surface area contributed by atoms with Crippen LogP contribution in [0.4, 0.5) is 0 Å². The molecule has 0 radical (unpaired) electrons. The molecule has 2 saturated carbocycles. The van der Waals surface area contributed by atoms with E-state index in [4.69, 9.17) is 9.47 Å². The molecule has 2 aromatic heterocycles. The van der Waals surface area contributed by atoms with Gasteiger partial charge in [-0.25, -0.2) is 9.59 Å². The molecule has 8 rings (SSSR count). The number of hydrogen-bond donors (Lipinski definition) is 0. The van der Waals surface area contributed by atoms with Crippen molar-refractivity contribution in [3.05, 3.63) is 119 Å². The van der Waals surface area contributed by atoms with Crippen molar-refractivity contribution < 1.29 is 28.7 Å². The first-order chi connectivity index (χ1) is 26.2. The Morgan fingerprint density at radius 3 is 1.44 bits per heavy atom. The second kappa shape index (κ2) is 16.3. The average molecular weight is 731 g/mol. The van der Waals surface area contributed by atoms with Crippen LogP contribution in [0, 0.1) is 11.8 Å². The number of rotatable bonds is 8. The number of carbonyl (C=O) groups excluding carboxylic acids is 4. The molecule has 0 spiro atoms. The van der Waals surface area contributed by atoms with E-state index < -0.39 is 0 Å². The minimum Gasteiger partial charge on any atom is -0.462 e. The van der Waals surface area contributed by atoms with Crippen LogP contribution in [0.3, 0.4) is 0 Å². The molecule has 0 bridgehead atoms. The molecule has 8 heteroatoms. The number of carbonyl (C=O) groups is 4. The molecule has 2 aliphatic heterocycles. The second-order valence-corrected chi connectivity index (χ2v) is 15.9. The lowest BCUT2D eigenvalue weighted by Crippen LogP contribution is -2.43. The fourth-order valence-electron chi connectivity index (χ4n) is 10.2. The number of hydrogen-bond acceptors (Lipinski definition) is 6. The number of aryl methyl sites for hydroxylation is 2. The summed E-state index contributed by atoms with van der Waals surface area (Å²) in [6.45, 7) is 6.22. The molecule has 284 valence electrons. The Hall–Kier alpha value is -4.72. The third-order valence-corrected chi connectivity index (χ3v) is 12.7. The molecule has 0 saturated heterocycles. The lowest BCUT2D eigenvalue weighted by Gasteiger charge is -2.43. The van der Waals surface area contributed by atoms with Crippen molar-refractivity contribution >= 4 is 23.5 Å². The standard InChI is InChI=1S/2C23H27NO3/c2*1-2-27-22(26)18-13-21-23(15-17-7-4-3-5-8-17)11-10-20(25)14-19(23)9-6-12-24(21)16-18/h2*3-5,7-8,13,16,19H,2,6,9-12,14-15H2,1H3/t2*19-,23-/m10/s1. The van der Waals surface area contributed by atoms with Gasteiger partial charge in [0.1, 0.15) is 11.6 Å². The normalized spacial score (nSPS) is 24.6. The van der Waals surface area contributed by atoms with Crippen LogP contribution in [0.5, 0.6) is 0 Å². The Balaban J connectivity index is 0.000000167. The number of aromatic nitrogens is 2. The van der Waals surface area contributed by atoms with Gasteiger partial charge in [-0.05, 0) is 100 Å². The van der Waals surface area contributed by atoms with Gasteiger partial charge in [-0.1, -0.05) is 60.7 Å². The minimum absolute atomic E-state index is 0.0868. The Kier molecular flexibility index (Phi) is 11.4. The van der Waals surface area contributed by atoms with E-state index in [9.17, 15) is 19.2 Å². The number of ether oxygens (including phenoxy) is 2. The highest BCUT2D eigenvalue weighted by Gasteiger charge is 2.48. The number of benzene rings is 2. The largest absolute Gasteiger partial charge is 0.462 e. The molecular weight excluding hydrogens is 677 g/mol. The van der Waals surface area contributed by atoms with Gasteiger partial charge in [-0.15, -0.1) is 0 Å². The summed E-state index contributed by atoms with van der Waals surface area (Å²) in [5.74, 6) is 0.937. The third-order valence-electron chi connectivity index (χ3n) is 12.7. The first-order valence-corrected chi connectivity index (χ1v) is 20.1. The molecule has 8 nitrogen and oxygen atoms in total. The van der Waals surface area contributed by atoms with E-state index in [1.54, 1.807) is 0 Å². The van der Waals surface area contributed by atoms with Gasteiger partial charge in [0, 0.05) is 73.4 Å². The van der Waals surface area contributed by atoms with E-state index in [-0.39, 0.29) is 22.8 Å². The van der Waals surface area contributed by atoms with E-state index in [0.717, 1.165) is 64.5 Å². The van der Waals surface area contributed by atoms with E-state index in [0.29, 0.717) is 73.4 Å². The Morgan fingerprint density at radius 1 is 0.648 bits per heavy atom. The highest BCUT2D eigenvalue weighted by molar-refractivity contribution is 5.90. The minimum atomic E-state index is -0.253. The van der Waals surface area contributed by atoms with Gasteiger partial charge in [0.05, 0.1) is 24.3 Å². The SMILES string of the molecule is CCOC(=O)c1cc2n(c1)CCC[C@@H]1CC(=O)CC[C@]21Cc1ccccc1.CCOC(=O)c1cc2n(c1)CCC[C@H]1CC(=O)CC[C@@]21Cc1ccccc1. The summed E-state index contributed by atoms with van der Waals surface area (Å²) in [4.78, 5) is 49.2. The van der Waals surface area contributed by atoms with Crippen molar-refractivity contribution in [2.24, 2.45) is 11.8 Å². The molecule has 54 heavy (non-hydrogen) atoms. The summed E-state index contributed by atoms with van der Waals surface area (Å²) in [5, 5.41) is 0. The van der Waals surface area contributed by atoms with Crippen molar-refractivity contribution in [1.29, 1.82) is 0 Å². The molecule has 4 aromatic rings. The van der Waals surface area contributed by atoms with Crippen LogP contribution in [0.1, 0.15) is 121 Å². The van der Waals surface area contributed by atoms with E-state index >= 15 is 0 Å². The molecule has 0 unspecified atom stereocenters. The number of esters is 2. The van der Waals surface area contributed by atoms with Crippen molar-refractivity contribution in [2.45, 2.75) is 115 Å². The van der Waals surface area contributed by atoms with Gasteiger partial charge in [0.15, 0.2) is 0 Å². The summed E-state index contributed by atoms with van der Waals surface area (Å²) in [6.07, 6.45) is 14.2. The maximum atomic E-state index is 12.3. The van der Waals surface area contributed by atoms with Crippen LogP contribution in [0.25, 0.3) is 0 Å². The first-order valence-electron chi connectivity index (χ1n) is 20.1. The highest BCUT2D eigenvalue weighted by Crippen LogP contribution is 2.51. The van der Waals surface area contributed by atoms with Crippen molar-refractivity contribution in [3.63, 3.8) is 0 Å². The van der Waals surface area contributed by atoms with Crippen LogP contribution in [0.2, 0.25) is 0 Å². The summed E-state index contributed by atoms with van der Waals surface area (Å²) in [5.41, 5.74) is 6.11. The van der Waals surface area contributed by atoms with E-state index in [1.807, 2.05) is 50.5 Å². The smallest absolute Gasteiger partial charge is 0.339 e. The Morgan fingerprint density at radius 2 is 1.06 bits per heavy atom. The number of Topliss-reactive ketones (excluding diaryl/α,β-unsaturated/α-hetero) is 2. The van der Waals surface area contributed by atoms with Gasteiger partial charge >= 0.3 is 11.9 Å². The summed E-state index contributed by atoms with van der Waals surface area (Å²) >= 11 is 0. The topological polar surface area (TPSA) is 96.6 Å². The third kappa shape index (κ3) is 7.62. The second-order valence-electron chi connectivity index (χ2n) is 15.9. The fourth-order valence-corrected chi connectivity index (χ4v) is 10.2. The van der Waals surface area contributed by atoms with Gasteiger partial charge in [-0.2, -0.15) is 0 Å². The Labute approximate surface area is 319 Å². The molecule has 0 amide bonds. The summed E-state index contributed by atoms with van der Waals surface area (Å²) in [7, 11) is 0. The lowest BCUT2D eigenvalue weighted by atomic mass is 9.60. The molecule has 4 atom stereocenters. The predicted molar refractivity (Wildman–Crippen MR) is 208 cm³/mol. The van der Waals surface area contributed by atoms with E-state index in [2.05, 4.69) is 57.7 Å². The molecule has 0 N–H and O–H groups in total. The van der Waals surface area contributed by atoms with E-state index in [1.165, 1.54) is 22.5 Å². The zero-order valence-corrected chi connectivity index (χ0v) is 31.9. The van der Waals surface area contributed by atoms with Crippen molar-refractivity contribution in [2.75, 3.05) is 13.2 Å². The van der Waals surface area contributed by atoms with Crippen LogP contribution in [-0.4, -0.2) is 45.9 Å². The Bertz CT molecular complexity index is 1820. The van der Waals surface area contributed by atoms with Crippen molar-refractivity contribution in [3.8, 4) is 0 Å². The maximum absolute atomic E-state index is 12.3. The predicted octanol–water partition coefficient (Wildman–Crippen LogP) is 8.62. The quantitative estimate of drug-likeness (QED) is 0.169.